The van der Waals surface area contributed by atoms with E-state index < -0.39 is 0 Å². The molecule has 0 aromatic heterocycles. The zero-order chi connectivity index (χ0) is 11.2. The van der Waals surface area contributed by atoms with Crippen molar-refractivity contribution >= 4 is 0 Å². The molecule has 0 spiro atoms. The maximum atomic E-state index is 9.29. The molecule has 16 heavy (non-hydrogen) atoms. The summed E-state index contributed by atoms with van der Waals surface area (Å²) in [5.41, 5.74) is 0.905. The average molecular weight is 224 g/mol. The second kappa shape index (κ2) is 3.71. The predicted octanol–water partition coefficient (Wildman–Crippen LogP) is 2.34. The molecule has 4 bridgehead atoms. The molecule has 0 aromatic rings. The van der Waals surface area contributed by atoms with Crippen LogP contribution in [0.15, 0.2) is 0 Å². The number of rotatable bonds is 4. The van der Waals surface area contributed by atoms with Gasteiger partial charge in [-0.25, -0.2) is 0 Å². The summed E-state index contributed by atoms with van der Waals surface area (Å²) in [4.78, 5) is 0. The Kier molecular flexibility index (Phi) is 2.56. The lowest BCUT2D eigenvalue weighted by atomic mass is 9.43. The molecular formula is C14H24O2. The molecule has 0 atom stereocenters. The molecule has 4 saturated carbocycles. The summed E-state index contributed by atoms with van der Waals surface area (Å²) >= 11 is 0. The monoisotopic (exact) mass is 224 g/mol. The Morgan fingerprint density at radius 1 is 0.812 bits per heavy atom. The van der Waals surface area contributed by atoms with Crippen LogP contribution in [-0.4, -0.2) is 23.4 Å². The second-order valence-electron chi connectivity index (χ2n) is 6.91. The van der Waals surface area contributed by atoms with E-state index in [1.54, 1.807) is 0 Å². The third kappa shape index (κ3) is 1.62. The molecule has 2 heteroatoms. The third-order valence-electron chi connectivity index (χ3n) is 5.59. The van der Waals surface area contributed by atoms with Gasteiger partial charge in [0.2, 0.25) is 0 Å². The van der Waals surface area contributed by atoms with Crippen LogP contribution in [0.5, 0.6) is 0 Å². The SMILES string of the molecule is OCCC12CC3CC(C1)CC(CCO)(C3)C2. The van der Waals surface area contributed by atoms with E-state index >= 15 is 0 Å². The van der Waals surface area contributed by atoms with Gasteiger partial charge >= 0.3 is 0 Å². The lowest BCUT2D eigenvalue weighted by Crippen LogP contribution is -2.52. The molecule has 4 rings (SSSR count). The number of hydrogen-bond acceptors (Lipinski definition) is 2. The van der Waals surface area contributed by atoms with Crippen LogP contribution >= 0.6 is 0 Å². The van der Waals surface area contributed by atoms with E-state index in [0.29, 0.717) is 24.0 Å². The Morgan fingerprint density at radius 3 is 1.62 bits per heavy atom. The molecule has 0 aliphatic heterocycles. The van der Waals surface area contributed by atoms with Crippen LogP contribution in [0.25, 0.3) is 0 Å². The van der Waals surface area contributed by atoms with Gasteiger partial charge in [-0.15, -0.1) is 0 Å². The number of aliphatic hydroxyl groups is 2. The van der Waals surface area contributed by atoms with E-state index in [0.717, 1.165) is 24.7 Å². The van der Waals surface area contributed by atoms with Gasteiger partial charge in [-0.05, 0) is 74.0 Å². The average Bonchev–Trinajstić information content (AvgIpc) is 2.14. The molecule has 0 unspecified atom stereocenters. The predicted molar refractivity (Wildman–Crippen MR) is 63.0 cm³/mol. The lowest BCUT2D eigenvalue weighted by Gasteiger charge is -2.62. The maximum absolute atomic E-state index is 9.29. The zero-order valence-corrected chi connectivity index (χ0v) is 10.1. The van der Waals surface area contributed by atoms with Gasteiger partial charge in [0, 0.05) is 13.2 Å². The van der Waals surface area contributed by atoms with Gasteiger partial charge in [-0.2, -0.15) is 0 Å². The minimum absolute atomic E-state index is 0.356. The summed E-state index contributed by atoms with van der Waals surface area (Å²) < 4.78 is 0. The molecule has 0 saturated heterocycles. The first-order valence-corrected chi connectivity index (χ1v) is 6.91. The van der Waals surface area contributed by atoms with E-state index in [1.807, 2.05) is 0 Å². The van der Waals surface area contributed by atoms with Crippen LogP contribution < -0.4 is 0 Å². The molecule has 4 aliphatic rings. The normalized spacial score (nSPS) is 49.9. The largest absolute Gasteiger partial charge is 0.396 e. The lowest BCUT2D eigenvalue weighted by molar-refractivity contribution is -0.124. The van der Waals surface area contributed by atoms with Gasteiger partial charge in [-0.1, -0.05) is 0 Å². The van der Waals surface area contributed by atoms with E-state index in [9.17, 15) is 10.2 Å². The summed E-state index contributed by atoms with van der Waals surface area (Å²) in [7, 11) is 0. The smallest absolute Gasteiger partial charge is 0.0436 e. The Balaban J connectivity index is 1.85. The molecule has 0 heterocycles. The molecule has 2 N–H and O–H groups in total. The Morgan fingerprint density at radius 2 is 1.25 bits per heavy atom. The van der Waals surface area contributed by atoms with Crippen molar-refractivity contribution in [2.45, 2.75) is 51.4 Å². The molecular weight excluding hydrogens is 200 g/mol. The standard InChI is InChI=1S/C14H24O2/c15-3-1-13-6-11-5-12(7-13)9-14(8-11,10-13)2-4-16/h11-12,15-16H,1-10H2. The van der Waals surface area contributed by atoms with Crippen LogP contribution in [0.4, 0.5) is 0 Å². The highest BCUT2D eigenvalue weighted by atomic mass is 16.3. The molecule has 4 aliphatic carbocycles. The number of hydrogen-bond donors (Lipinski definition) is 2. The van der Waals surface area contributed by atoms with Crippen molar-refractivity contribution in [2.24, 2.45) is 22.7 Å². The van der Waals surface area contributed by atoms with Crippen molar-refractivity contribution in [3.8, 4) is 0 Å². The van der Waals surface area contributed by atoms with Crippen LogP contribution in [-0.2, 0) is 0 Å². The van der Waals surface area contributed by atoms with Crippen molar-refractivity contribution in [2.75, 3.05) is 13.2 Å². The summed E-state index contributed by atoms with van der Waals surface area (Å²) in [6.07, 6.45) is 10.2. The van der Waals surface area contributed by atoms with Crippen LogP contribution in [0.3, 0.4) is 0 Å². The first-order valence-electron chi connectivity index (χ1n) is 6.91. The molecule has 0 radical (unpaired) electrons. The minimum Gasteiger partial charge on any atom is -0.396 e. The molecule has 4 fully saturated rings. The van der Waals surface area contributed by atoms with Crippen molar-refractivity contribution in [3.05, 3.63) is 0 Å². The maximum Gasteiger partial charge on any atom is 0.0436 e. The zero-order valence-electron chi connectivity index (χ0n) is 10.1. The Bertz CT molecular complexity index is 236. The summed E-state index contributed by atoms with van der Waals surface area (Å²) in [6.45, 7) is 0.712. The van der Waals surface area contributed by atoms with Gasteiger partial charge in [0.15, 0.2) is 0 Å². The highest BCUT2D eigenvalue weighted by Crippen LogP contribution is 2.67. The van der Waals surface area contributed by atoms with Gasteiger partial charge in [0.25, 0.3) is 0 Å². The first kappa shape index (κ1) is 11.0. The molecule has 0 aromatic carbocycles. The topological polar surface area (TPSA) is 40.5 Å². The fourth-order valence-electron chi connectivity index (χ4n) is 5.71. The molecule has 92 valence electrons. The van der Waals surface area contributed by atoms with Crippen molar-refractivity contribution in [1.82, 2.24) is 0 Å². The van der Waals surface area contributed by atoms with E-state index in [4.69, 9.17) is 0 Å². The summed E-state index contributed by atoms with van der Waals surface area (Å²) in [5.74, 6) is 1.80. The Hall–Kier alpha value is -0.0800. The van der Waals surface area contributed by atoms with Crippen LogP contribution in [0, 0.1) is 22.7 Å². The third-order valence-corrected chi connectivity index (χ3v) is 5.59. The van der Waals surface area contributed by atoms with Crippen molar-refractivity contribution in [3.63, 3.8) is 0 Å². The first-order chi connectivity index (χ1) is 7.69. The molecule has 2 nitrogen and oxygen atoms in total. The number of aliphatic hydroxyl groups excluding tert-OH is 2. The van der Waals surface area contributed by atoms with Crippen LogP contribution in [0.1, 0.15) is 51.4 Å². The van der Waals surface area contributed by atoms with Gasteiger partial charge in [0.05, 0.1) is 0 Å². The van der Waals surface area contributed by atoms with Gasteiger partial charge < -0.3 is 10.2 Å². The summed E-state index contributed by atoms with van der Waals surface area (Å²) in [5, 5.41) is 18.6. The second-order valence-corrected chi connectivity index (χ2v) is 6.91. The van der Waals surface area contributed by atoms with Crippen molar-refractivity contribution in [1.29, 1.82) is 0 Å². The quantitative estimate of drug-likeness (QED) is 0.769. The molecule has 0 amide bonds. The van der Waals surface area contributed by atoms with Gasteiger partial charge in [-0.3, -0.25) is 0 Å². The highest BCUT2D eigenvalue weighted by Gasteiger charge is 2.56. The minimum atomic E-state index is 0.356. The fourth-order valence-corrected chi connectivity index (χ4v) is 5.71. The van der Waals surface area contributed by atoms with E-state index in [-0.39, 0.29) is 0 Å². The summed E-state index contributed by atoms with van der Waals surface area (Å²) in [6, 6.07) is 0. The van der Waals surface area contributed by atoms with E-state index in [1.165, 1.54) is 38.5 Å². The van der Waals surface area contributed by atoms with E-state index in [2.05, 4.69) is 0 Å². The highest BCUT2D eigenvalue weighted by molar-refractivity contribution is 5.07. The van der Waals surface area contributed by atoms with Crippen molar-refractivity contribution < 1.29 is 10.2 Å². The Labute approximate surface area is 98.1 Å². The fraction of sp³-hybridized carbons (Fsp3) is 1.00. The van der Waals surface area contributed by atoms with Crippen LogP contribution in [0.2, 0.25) is 0 Å². The van der Waals surface area contributed by atoms with Gasteiger partial charge in [0.1, 0.15) is 0 Å².